The molecular weight excluding hydrogens is 420 g/mol. The number of carbonyl (C=O) groups is 1. The molecule has 0 saturated heterocycles. The summed E-state index contributed by atoms with van der Waals surface area (Å²) in [5.74, 6) is 1.07. The number of aryl methyl sites for hydroxylation is 1. The monoisotopic (exact) mass is 448 g/mol. The highest BCUT2D eigenvalue weighted by Gasteiger charge is 2.19. The minimum atomic E-state index is -0.937. The molecule has 1 N–H and O–H groups in total. The van der Waals surface area contributed by atoms with Gasteiger partial charge in [0.2, 0.25) is 5.89 Å². The number of hydrogen-bond donors (Lipinski definition) is 1. The highest BCUT2D eigenvalue weighted by Crippen LogP contribution is 2.31. The lowest BCUT2D eigenvalue weighted by Crippen LogP contribution is -2.26. The third-order valence-corrected chi connectivity index (χ3v) is 5.61. The minimum absolute atomic E-state index is 0.334. The van der Waals surface area contributed by atoms with E-state index in [1.54, 1.807) is 7.11 Å². The highest BCUT2D eigenvalue weighted by atomic mass is 16.5. The number of rotatable bonds is 10. The molecule has 1 atom stereocenters. The van der Waals surface area contributed by atoms with Crippen molar-refractivity contribution in [3.63, 3.8) is 0 Å². The van der Waals surface area contributed by atoms with E-state index in [0.717, 1.165) is 39.9 Å². The largest absolute Gasteiger partial charge is 0.496 e. The summed E-state index contributed by atoms with van der Waals surface area (Å²) in [6.45, 7) is 4.87. The van der Waals surface area contributed by atoms with Crippen LogP contribution in [0.5, 0.6) is 5.75 Å². The lowest BCUT2D eigenvalue weighted by molar-refractivity contribution is -0.150. The summed E-state index contributed by atoms with van der Waals surface area (Å²) in [6, 6.07) is 15.7. The van der Waals surface area contributed by atoms with E-state index in [1.807, 2.05) is 68.6 Å². The fourth-order valence-corrected chi connectivity index (χ4v) is 3.88. The number of ether oxygens (including phenoxy) is 2. The van der Waals surface area contributed by atoms with Gasteiger partial charge in [0.05, 0.1) is 19.2 Å². The van der Waals surface area contributed by atoms with Crippen molar-refractivity contribution in [3.05, 3.63) is 71.7 Å². The Morgan fingerprint density at radius 1 is 1.21 bits per heavy atom. The first-order chi connectivity index (χ1) is 16.0. The van der Waals surface area contributed by atoms with Crippen molar-refractivity contribution in [2.75, 3.05) is 13.7 Å². The molecule has 2 aromatic heterocycles. The van der Waals surface area contributed by atoms with E-state index >= 15 is 0 Å². The second kappa shape index (κ2) is 9.92. The molecule has 0 spiro atoms. The molecule has 0 aliphatic heterocycles. The first-order valence-corrected chi connectivity index (χ1v) is 11.0. The van der Waals surface area contributed by atoms with E-state index < -0.39 is 12.1 Å². The lowest BCUT2D eigenvalue weighted by Gasteiger charge is -2.13. The summed E-state index contributed by atoms with van der Waals surface area (Å²) in [6.07, 6.45) is 2.29. The average Bonchev–Trinajstić information content (AvgIpc) is 3.39. The van der Waals surface area contributed by atoms with E-state index in [-0.39, 0.29) is 0 Å². The molecule has 4 aromatic rings. The van der Waals surface area contributed by atoms with Crippen molar-refractivity contribution in [1.29, 1.82) is 0 Å². The molecule has 0 saturated carbocycles. The molecule has 0 fully saturated rings. The van der Waals surface area contributed by atoms with Crippen LogP contribution in [0.4, 0.5) is 0 Å². The lowest BCUT2D eigenvalue weighted by atomic mass is 10.1. The fourth-order valence-electron chi connectivity index (χ4n) is 3.88. The molecule has 172 valence electrons. The number of oxazole rings is 1. The summed E-state index contributed by atoms with van der Waals surface area (Å²) in [4.78, 5) is 16.2. The number of hydrogen-bond acceptors (Lipinski definition) is 5. The van der Waals surface area contributed by atoms with E-state index in [2.05, 4.69) is 4.57 Å². The van der Waals surface area contributed by atoms with Crippen molar-refractivity contribution < 1.29 is 23.8 Å². The van der Waals surface area contributed by atoms with E-state index in [1.165, 1.54) is 0 Å². The van der Waals surface area contributed by atoms with Crippen molar-refractivity contribution in [2.45, 2.75) is 39.3 Å². The Labute approximate surface area is 192 Å². The Hall–Kier alpha value is -3.58. The fraction of sp³-hybridized carbons (Fsp3) is 0.308. The van der Waals surface area contributed by atoms with Gasteiger partial charge in [0.1, 0.15) is 17.2 Å². The number of nitrogens with zero attached hydrogens (tertiary/aromatic N) is 2. The van der Waals surface area contributed by atoms with Gasteiger partial charge in [-0.25, -0.2) is 9.78 Å². The zero-order valence-electron chi connectivity index (χ0n) is 19.1. The Morgan fingerprint density at radius 3 is 2.79 bits per heavy atom. The van der Waals surface area contributed by atoms with Crippen LogP contribution < -0.4 is 4.74 Å². The van der Waals surface area contributed by atoms with Gasteiger partial charge >= 0.3 is 5.97 Å². The molecule has 1 unspecified atom stereocenters. The third-order valence-electron chi connectivity index (χ3n) is 5.61. The van der Waals surface area contributed by atoms with Crippen molar-refractivity contribution in [1.82, 2.24) is 9.55 Å². The molecule has 4 rings (SSSR count). The van der Waals surface area contributed by atoms with Gasteiger partial charge in [-0.15, -0.1) is 0 Å². The summed E-state index contributed by atoms with van der Waals surface area (Å²) in [7, 11) is 1.63. The molecule has 0 aliphatic carbocycles. The quantitative estimate of drug-likeness (QED) is 0.364. The number of methoxy groups -OCH3 is 1. The minimum Gasteiger partial charge on any atom is -0.496 e. The van der Waals surface area contributed by atoms with Gasteiger partial charge < -0.3 is 23.6 Å². The molecule has 0 amide bonds. The summed E-state index contributed by atoms with van der Waals surface area (Å²) < 4.78 is 19.0. The summed E-state index contributed by atoms with van der Waals surface area (Å²) >= 11 is 0. The molecule has 2 aromatic carbocycles. The van der Waals surface area contributed by atoms with Gasteiger partial charge in [0.25, 0.3) is 0 Å². The molecule has 7 heteroatoms. The molecule has 7 nitrogen and oxygen atoms in total. The molecular formula is C26H28N2O5. The Kier molecular flexibility index (Phi) is 6.79. The SMILES string of the molecule is CCCOC(Cc1ccc2c(ccn2Cc2nc(-c3ccccc3OC)oc2C)c1)C(=O)O. The average molecular weight is 449 g/mol. The van der Waals surface area contributed by atoms with E-state index in [4.69, 9.17) is 18.9 Å². The van der Waals surface area contributed by atoms with Crippen LogP contribution in [0.3, 0.4) is 0 Å². The standard InChI is InChI=1S/C26H28N2O5/c1-4-13-32-24(26(29)30)15-18-9-10-22-19(14-18)11-12-28(22)16-21-17(2)33-25(27-21)20-7-5-6-8-23(20)31-3/h5-12,14,24H,4,13,15-16H2,1-3H3,(H,29,30). The highest BCUT2D eigenvalue weighted by molar-refractivity contribution is 5.81. The van der Waals surface area contributed by atoms with E-state index in [9.17, 15) is 9.90 Å². The van der Waals surface area contributed by atoms with Crippen LogP contribution in [-0.2, 0) is 22.5 Å². The smallest absolute Gasteiger partial charge is 0.333 e. The van der Waals surface area contributed by atoms with Crippen LogP contribution >= 0.6 is 0 Å². The normalized spacial score (nSPS) is 12.2. The second-order valence-electron chi connectivity index (χ2n) is 7.96. The van der Waals surface area contributed by atoms with Crippen LogP contribution in [0, 0.1) is 6.92 Å². The number of para-hydroxylation sites is 1. The summed E-state index contributed by atoms with van der Waals surface area (Å²) in [5.41, 5.74) is 3.63. The predicted octanol–water partition coefficient (Wildman–Crippen LogP) is 5.08. The van der Waals surface area contributed by atoms with Crippen molar-refractivity contribution >= 4 is 16.9 Å². The Morgan fingerprint density at radius 2 is 2.03 bits per heavy atom. The number of carboxylic acid groups (broad SMARTS) is 1. The van der Waals surface area contributed by atoms with Crippen LogP contribution in [-0.4, -0.2) is 40.4 Å². The summed E-state index contributed by atoms with van der Waals surface area (Å²) in [5, 5.41) is 10.5. The van der Waals surface area contributed by atoms with Gasteiger partial charge in [0, 0.05) is 24.7 Å². The number of carboxylic acids is 1. The van der Waals surface area contributed by atoms with Gasteiger partial charge in [-0.2, -0.15) is 0 Å². The van der Waals surface area contributed by atoms with Crippen LogP contribution in [0.25, 0.3) is 22.4 Å². The maximum Gasteiger partial charge on any atom is 0.333 e. The topological polar surface area (TPSA) is 86.7 Å². The molecule has 2 heterocycles. The maximum atomic E-state index is 11.5. The zero-order valence-corrected chi connectivity index (χ0v) is 19.1. The van der Waals surface area contributed by atoms with Crippen LogP contribution in [0.2, 0.25) is 0 Å². The predicted molar refractivity (Wildman–Crippen MR) is 126 cm³/mol. The van der Waals surface area contributed by atoms with Crippen molar-refractivity contribution in [2.24, 2.45) is 0 Å². The van der Waals surface area contributed by atoms with Gasteiger partial charge in [-0.3, -0.25) is 0 Å². The van der Waals surface area contributed by atoms with Crippen LogP contribution in [0.1, 0.15) is 30.4 Å². The Bertz CT molecular complexity index is 1260. The number of benzene rings is 2. The Balaban J connectivity index is 1.56. The molecule has 0 bridgehead atoms. The number of fused-ring (bicyclic) bond motifs is 1. The molecule has 33 heavy (non-hydrogen) atoms. The molecule has 0 radical (unpaired) electrons. The van der Waals surface area contributed by atoms with Gasteiger partial charge in [-0.1, -0.05) is 25.1 Å². The van der Waals surface area contributed by atoms with Crippen molar-refractivity contribution in [3.8, 4) is 17.2 Å². The second-order valence-corrected chi connectivity index (χ2v) is 7.96. The van der Waals surface area contributed by atoms with E-state index in [0.29, 0.717) is 31.2 Å². The maximum absolute atomic E-state index is 11.5. The number of aliphatic carboxylic acids is 1. The first-order valence-electron chi connectivity index (χ1n) is 11.0. The van der Waals surface area contributed by atoms with Crippen LogP contribution in [0.15, 0.2) is 59.1 Å². The first kappa shape index (κ1) is 22.6. The van der Waals surface area contributed by atoms with Gasteiger partial charge in [-0.05, 0) is 54.6 Å². The molecule has 0 aliphatic rings. The number of aromatic nitrogens is 2. The third kappa shape index (κ3) is 4.93. The van der Waals surface area contributed by atoms with Gasteiger partial charge in [0.15, 0.2) is 6.10 Å². The zero-order chi connectivity index (χ0) is 23.4.